The van der Waals surface area contributed by atoms with Crippen molar-refractivity contribution in [2.24, 2.45) is 0 Å². The lowest BCUT2D eigenvalue weighted by Gasteiger charge is -2.09. The maximum atomic E-state index is 9.01. The van der Waals surface area contributed by atoms with E-state index in [9.17, 15) is 0 Å². The molecular formula is C15H13BrN2. The van der Waals surface area contributed by atoms with Gasteiger partial charge in [-0.15, -0.1) is 0 Å². The van der Waals surface area contributed by atoms with E-state index in [1.165, 1.54) is 5.56 Å². The summed E-state index contributed by atoms with van der Waals surface area (Å²) in [5.74, 6) is 0. The standard InChI is InChI=1S/C15H13BrN2/c1-11-6-7-14(8-15(11)16)18-10-13-5-3-2-4-12(13)9-17/h2-8,18H,10H2,1H3. The molecule has 0 aromatic heterocycles. The highest BCUT2D eigenvalue weighted by molar-refractivity contribution is 9.10. The number of aryl methyl sites for hydroxylation is 1. The maximum Gasteiger partial charge on any atom is 0.0995 e. The van der Waals surface area contributed by atoms with Gasteiger partial charge < -0.3 is 5.32 Å². The first-order valence-corrected chi connectivity index (χ1v) is 6.48. The molecule has 0 unspecified atom stereocenters. The third-order valence-corrected chi connectivity index (χ3v) is 3.65. The van der Waals surface area contributed by atoms with Gasteiger partial charge in [-0.25, -0.2) is 0 Å². The number of nitriles is 1. The molecule has 0 heterocycles. The molecule has 0 saturated carbocycles. The molecule has 0 amide bonds. The Bertz CT molecular complexity index is 600. The van der Waals surface area contributed by atoms with Crippen molar-refractivity contribution in [2.45, 2.75) is 13.5 Å². The maximum absolute atomic E-state index is 9.01. The Labute approximate surface area is 115 Å². The van der Waals surface area contributed by atoms with Gasteiger partial charge in [0.15, 0.2) is 0 Å². The van der Waals surface area contributed by atoms with Gasteiger partial charge in [0.25, 0.3) is 0 Å². The quantitative estimate of drug-likeness (QED) is 0.920. The van der Waals surface area contributed by atoms with Gasteiger partial charge in [0.05, 0.1) is 11.6 Å². The van der Waals surface area contributed by atoms with Gasteiger partial charge in [-0.2, -0.15) is 5.26 Å². The summed E-state index contributed by atoms with van der Waals surface area (Å²) < 4.78 is 1.08. The van der Waals surface area contributed by atoms with Gasteiger partial charge in [-0.3, -0.25) is 0 Å². The third-order valence-electron chi connectivity index (χ3n) is 2.79. The molecule has 0 aliphatic heterocycles. The highest BCUT2D eigenvalue weighted by atomic mass is 79.9. The molecule has 0 aliphatic rings. The van der Waals surface area contributed by atoms with E-state index in [0.717, 1.165) is 21.3 Å². The number of benzene rings is 2. The normalized spacial score (nSPS) is 9.83. The van der Waals surface area contributed by atoms with Gasteiger partial charge >= 0.3 is 0 Å². The van der Waals surface area contributed by atoms with Crippen molar-refractivity contribution in [1.82, 2.24) is 0 Å². The van der Waals surface area contributed by atoms with Crippen molar-refractivity contribution in [1.29, 1.82) is 5.26 Å². The Morgan fingerprint density at radius 2 is 2.00 bits per heavy atom. The number of hydrogen-bond acceptors (Lipinski definition) is 2. The van der Waals surface area contributed by atoms with E-state index in [-0.39, 0.29) is 0 Å². The van der Waals surface area contributed by atoms with Crippen molar-refractivity contribution in [3.63, 3.8) is 0 Å². The van der Waals surface area contributed by atoms with Crippen LogP contribution in [0.15, 0.2) is 46.9 Å². The highest BCUT2D eigenvalue weighted by Gasteiger charge is 2.01. The minimum atomic E-state index is 0.652. The lowest BCUT2D eigenvalue weighted by atomic mass is 10.1. The van der Waals surface area contributed by atoms with Crippen molar-refractivity contribution < 1.29 is 0 Å². The van der Waals surface area contributed by atoms with E-state index in [2.05, 4.69) is 40.3 Å². The fraction of sp³-hybridized carbons (Fsp3) is 0.133. The molecule has 0 spiro atoms. The Hall–Kier alpha value is -1.79. The fourth-order valence-electron chi connectivity index (χ4n) is 1.68. The number of anilines is 1. The zero-order valence-corrected chi connectivity index (χ0v) is 11.7. The molecule has 2 rings (SSSR count). The molecule has 0 aliphatic carbocycles. The summed E-state index contributed by atoms with van der Waals surface area (Å²) in [6.45, 7) is 2.71. The molecule has 2 aromatic carbocycles. The topological polar surface area (TPSA) is 35.8 Å². The van der Waals surface area contributed by atoms with Crippen LogP contribution in [0.4, 0.5) is 5.69 Å². The Morgan fingerprint density at radius 3 is 2.72 bits per heavy atom. The van der Waals surface area contributed by atoms with Crippen LogP contribution in [0.1, 0.15) is 16.7 Å². The van der Waals surface area contributed by atoms with Crippen LogP contribution in [0.3, 0.4) is 0 Å². The average molecular weight is 301 g/mol. The summed E-state index contributed by atoms with van der Waals surface area (Å²) in [7, 11) is 0. The second kappa shape index (κ2) is 5.70. The minimum Gasteiger partial charge on any atom is -0.381 e. The Balaban J connectivity index is 2.12. The number of halogens is 1. The van der Waals surface area contributed by atoms with Crippen molar-refractivity contribution in [2.75, 3.05) is 5.32 Å². The van der Waals surface area contributed by atoms with E-state index in [0.29, 0.717) is 6.54 Å². The van der Waals surface area contributed by atoms with Crippen LogP contribution < -0.4 is 5.32 Å². The van der Waals surface area contributed by atoms with Crippen molar-refractivity contribution in [3.8, 4) is 6.07 Å². The molecule has 1 N–H and O–H groups in total. The molecule has 0 saturated heterocycles. The first kappa shape index (κ1) is 12.7. The van der Waals surface area contributed by atoms with Crippen molar-refractivity contribution >= 4 is 21.6 Å². The van der Waals surface area contributed by atoms with Gasteiger partial charge in [0.1, 0.15) is 0 Å². The zero-order valence-electron chi connectivity index (χ0n) is 10.1. The zero-order chi connectivity index (χ0) is 13.0. The molecule has 0 bridgehead atoms. The molecular weight excluding hydrogens is 288 g/mol. The van der Waals surface area contributed by atoms with Crippen LogP contribution >= 0.6 is 15.9 Å². The van der Waals surface area contributed by atoms with Gasteiger partial charge in [0.2, 0.25) is 0 Å². The van der Waals surface area contributed by atoms with Crippen LogP contribution in [0.5, 0.6) is 0 Å². The van der Waals surface area contributed by atoms with E-state index in [4.69, 9.17) is 5.26 Å². The van der Waals surface area contributed by atoms with Crippen LogP contribution in [0.2, 0.25) is 0 Å². The van der Waals surface area contributed by atoms with E-state index >= 15 is 0 Å². The van der Waals surface area contributed by atoms with E-state index in [1.807, 2.05) is 36.4 Å². The molecule has 2 nitrogen and oxygen atoms in total. The molecule has 90 valence electrons. The predicted octanol–water partition coefficient (Wildman–Crippen LogP) is 4.24. The third kappa shape index (κ3) is 2.91. The van der Waals surface area contributed by atoms with Crippen LogP contribution in [0, 0.1) is 18.3 Å². The SMILES string of the molecule is Cc1ccc(NCc2ccccc2C#N)cc1Br. The summed E-state index contributed by atoms with van der Waals surface area (Å²) in [6, 6.07) is 16.0. The smallest absolute Gasteiger partial charge is 0.0995 e. The molecule has 0 radical (unpaired) electrons. The lowest BCUT2D eigenvalue weighted by molar-refractivity contribution is 1.13. The second-order valence-electron chi connectivity index (χ2n) is 4.09. The lowest BCUT2D eigenvalue weighted by Crippen LogP contribution is -2.01. The second-order valence-corrected chi connectivity index (χ2v) is 4.94. The Kier molecular flexibility index (Phi) is 4.01. The first-order valence-electron chi connectivity index (χ1n) is 5.69. The average Bonchev–Trinajstić information content (AvgIpc) is 2.40. The number of rotatable bonds is 3. The van der Waals surface area contributed by atoms with Crippen molar-refractivity contribution in [3.05, 3.63) is 63.6 Å². The number of hydrogen-bond donors (Lipinski definition) is 1. The molecule has 3 heteroatoms. The van der Waals surface area contributed by atoms with Crippen LogP contribution in [-0.2, 0) is 6.54 Å². The van der Waals surface area contributed by atoms with Crippen LogP contribution in [-0.4, -0.2) is 0 Å². The summed E-state index contributed by atoms with van der Waals surface area (Å²) in [6.07, 6.45) is 0. The van der Waals surface area contributed by atoms with Gasteiger partial charge in [-0.05, 0) is 36.2 Å². The van der Waals surface area contributed by atoms with Gasteiger partial charge in [0, 0.05) is 16.7 Å². The number of nitrogens with one attached hydrogen (secondary N) is 1. The summed E-state index contributed by atoms with van der Waals surface area (Å²) in [5.41, 5.74) is 3.98. The van der Waals surface area contributed by atoms with E-state index < -0.39 is 0 Å². The minimum absolute atomic E-state index is 0.652. The molecule has 0 fully saturated rings. The highest BCUT2D eigenvalue weighted by Crippen LogP contribution is 2.21. The largest absolute Gasteiger partial charge is 0.381 e. The fourth-order valence-corrected chi connectivity index (χ4v) is 2.06. The molecule has 0 atom stereocenters. The van der Waals surface area contributed by atoms with Gasteiger partial charge in [-0.1, -0.05) is 40.2 Å². The summed E-state index contributed by atoms with van der Waals surface area (Å²) in [4.78, 5) is 0. The predicted molar refractivity (Wildman–Crippen MR) is 77.4 cm³/mol. The van der Waals surface area contributed by atoms with Crippen LogP contribution in [0.25, 0.3) is 0 Å². The molecule has 2 aromatic rings. The summed E-state index contributed by atoms with van der Waals surface area (Å²) in [5, 5.41) is 12.3. The first-order chi connectivity index (χ1) is 8.70. The number of nitrogens with zero attached hydrogens (tertiary/aromatic N) is 1. The van der Waals surface area contributed by atoms with E-state index in [1.54, 1.807) is 0 Å². The Morgan fingerprint density at radius 1 is 1.22 bits per heavy atom. The summed E-state index contributed by atoms with van der Waals surface area (Å²) >= 11 is 3.51. The monoisotopic (exact) mass is 300 g/mol. The molecule has 18 heavy (non-hydrogen) atoms.